The molecule has 0 spiro atoms. The maximum Gasteiger partial charge on any atom is 0.254 e. The lowest BCUT2D eigenvalue weighted by Crippen LogP contribution is -2.28. The molecule has 1 amide bonds. The Hall–Kier alpha value is -2.62. The van der Waals surface area contributed by atoms with Crippen molar-refractivity contribution in [1.82, 2.24) is 19.2 Å². The second-order valence-electron chi connectivity index (χ2n) is 7.19. The molecule has 2 aromatic heterocycles. The molecule has 10 heteroatoms. The summed E-state index contributed by atoms with van der Waals surface area (Å²) in [4.78, 5) is 19.5. The summed E-state index contributed by atoms with van der Waals surface area (Å²) in [6.45, 7) is 0.967. The summed E-state index contributed by atoms with van der Waals surface area (Å²) in [5.41, 5.74) is 2.40. The third-order valence-corrected chi connectivity index (χ3v) is 7.50. The summed E-state index contributed by atoms with van der Waals surface area (Å²) in [6.07, 6.45) is 7.81. The van der Waals surface area contributed by atoms with Crippen LogP contribution in [-0.2, 0) is 16.4 Å². The Balaban J connectivity index is 1.31. The van der Waals surface area contributed by atoms with Gasteiger partial charge in [-0.25, -0.2) is 13.4 Å². The molecule has 7 nitrogen and oxygen atoms in total. The first kappa shape index (κ1) is 21.6. The fourth-order valence-electron chi connectivity index (χ4n) is 3.30. The normalized spacial score (nSPS) is 15.5. The molecule has 3 aromatic rings. The Bertz CT molecular complexity index is 1190. The molecule has 1 fully saturated rings. The Morgan fingerprint density at radius 3 is 2.71 bits per heavy atom. The van der Waals surface area contributed by atoms with E-state index >= 15 is 0 Å². The molecule has 1 aliphatic rings. The average Bonchev–Trinajstić information content (AvgIpc) is 3.52. The van der Waals surface area contributed by atoms with E-state index in [0.29, 0.717) is 35.8 Å². The Kier molecular flexibility index (Phi) is 6.45. The van der Waals surface area contributed by atoms with Crippen molar-refractivity contribution in [1.29, 1.82) is 0 Å². The van der Waals surface area contributed by atoms with Crippen molar-refractivity contribution in [3.63, 3.8) is 0 Å². The SMILES string of the molecule is O=C(c1ccc(-n2ccnc2)cc1)N1CCC(=CNS(=O)(=O)CCc2ccc(Cl)s2)C1. The fourth-order valence-corrected chi connectivity index (χ4v) is 5.47. The zero-order chi connectivity index (χ0) is 21.8. The van der Waals surface area contributed by atoms with Crippen LogP contribution in [0.2, 0.25) is 4.34 Å². The minimum atomic E-state index is -3.45. The first-order valence-electron chi connectivity index (χ1n) is 9.69. The molecule has 4 rings (SSSR count). The van der Waals surface area contributed by atoms with E-state index in [1.54, 1.807) is 35.6 Å². The monoisotopic (exact) mass is 476 g/mol. The quantitative estimate of drug-likeness (QED) is 0.565. The predicted molar refractivity (Wildman–Crippen MR) is 122 cm³/mol. The molecule has 0 radical (unpaired) electrons. The van der Waals surface area contributed by atoms with Gasteiger partial charge in [-0.1, -0.05) is 11.6 Å². The molecule has 31 heavy (non-hydrogen) atoms. The predicted octanol–water partition coefficient (Wildman–Crippen LogP) is 3.48. The number of nitrogens with one attached hydrogen (secondary N) is 1. The maximum absolute atomic E-state index is 12.8. The third kappa shape index (κ3) is 5.55. The van der Waals surface area contributed by atoms with E-state index < -0.39 is 10.0 Å². The number of thiophene rings is 1. The fraction of sp³-hybridized carbons (Fsp3) is 0.238. The number of sulfonamides is 1. The molecule has 0 unspecified atom stereocenters. The number of hydrogen-bond acceptors (Lipinski definition) is 5. The summed E-state index contributed by atoms with van der Waals surface area (Å²) in [5, 5.41) is 0. The van der Waals surface area contributed by atoms with Gasteiger partial charge in [-0.3, -0.25) is 9.52 Å². The number of carbonyl (C=O) groups is 1. The van der Waals surface area contributed by atoms with E-state index in [4.69, 9.17) is 11.6 Å². The highest BCUT2D eigenvalue weighted by atomic mass is 35.5. The highest BCUT2D eigenvalue weighted by molar-refractivity contribution is 7.89. The van der Waals surface area contributed by atoms with Gasteiger partial charge >= 0.3 is 0 Å². The van der Waals surface area contributed by atoms with Crippen LogP contribution in [0.4, 0.5) is 0 Å². The zero-order valence-corrected chi connectivity index (χ0v) is 19.0. The second-order valence-corrected chi connectivity index (χ2v) is 10.9. The van der Waals surface area contributed by atoms with Crippen molar-refractivity contribution < 1.29 is 13.2 Å². The van der Waals surface area contributed by atoms with Crippen LogP contribution in [0.5, 0.6) is 0 Å². The lowest BCUT2D eigenvalue weighted by atomic mass is 10.2. The number of aromatic nitrogens is 2. The van der Waals surface area contributed by atoms with Crippen LogP contribution >= 0.6 is 22.9 Å². The van der Waals surface area contributed by atoms with Gasteiger partial charge in [0.1, 0.15) is 0 Å². The lowest BCUT2D eigenvalue weighted by Gasteiger charge is -2.15. The number of aryl methyl sites for hydroxylation is 1. The van der Waals surface area contributed by atoms with E-state index in [0.717, 1.165) is 16.1 Å². The first-order valence-corrected chi connectivity index (χ1v) is 12.5. The topological polar surface area (TPSA) is 84.3 Å². The standard InChI is InChI=1S/C21H21ClN4O3S2/c22-20-6-5-19(30-20)8-12-31(28,29)24-13-16-7-10-25(14-16)21(27)17-1-3-18(4-2-17)26-11-9-23-15-26/h1-6,9,11,13,15,24H,7-8,10,12,14H2. The zero-order valence-electron chi connectivity index (χ0n) is 16.6. The molecular weight excluding hydrogens is 456 g/mol. The van der Waals surface area contributed by atoms with Crippen LogP contribution in [0.25, 0.3) is 5.69 Å². The molecule has 3 heterocycles. The molecule has 1 N–H and O–H groups in total. The van der Waals surface area contributed by atoms with E-state index in [2.05, 4.69) is 9.71 Å². The first-order chi connectivity index (χ1) is 14.9. The van der Waals surface area contributed by atoms with Crippen molar-refractivity contribution in [2.45, 2.75) is 12.8 Å². The van der Waals surface area contributed by atoms with Crippen LogP contribution < -0.4 is 4.72 Å². The molecule has 1 aliphatic heterocycles. The van der Waals surface area contributed by atoms with Gasteiger partial charge in [0.15, 0.2) is 0 Å². The van der Waals surface area contributed by atoms with Crippen molar-refractivity contribution in [2.75, 3.05) is 18.8 Å². The van der Waals surface area contributed by atoms with Gasteiger partial charge in [0.2, 0.25) is 10.0 Å². The molecule has 0 aliphatic carbocycles. The van der Waals surface area contributed by atoms with Gasteiger partial charge < -0.3 is 9.47 Å². The lowest BCUT2D eigenvalue weighted by molar-refractivity contribution is 0.0796. The van der Waals surface area contributed by atoms with E-state index in [1.165, 1.54) is 17.5 Å². The van der Waals surface area contributed by atoms with E-state index in [1.807, 2.05) is 29.0 Å². The van der Waals surface area contributed by atoms with Crippen molar-refractivity contribution in [3.8, 4) is 5.69 Å². The molecule has 0 atom stereocenters. The van der Waals surface area contributed by atoms with Crippen LogP contribution in [0.3, 0.4) is 0 Å². The number of rotatable bonds is 7. The van der Waals surface area contributed by atoms with Crippen LogP contribution in [0, 0.1) is 0 Å². The van der Waals surface area contributed by atoms with E-state index in [9.17, 15) is 13.2 Å². The van der Waals surface area contributed by atoms with Crippen LogP contribution in [-0.4, -0.2) is 47.6 Å². The molecule has 162 valence electrons. The summed E-state index contributed by atoms with van der Waals surface area (Å²) in [6, 6.07) is 10.9. The van der Waals surface area contributed by atoms with Gasteiger partial charge in [-0.2, -0.15) is 0 Å². The van der Waals surface area contributed by atoms with Gasteiger partial charge in [0, 0.05) is 47.8 Å². The number of likely N-dealkylation sites (tertiary alicyclic amines) is 1. The number of amides is 1. The highest BCUT2D eigenvalue weighted by Gasteiger charge is 2.23. The molecule has 0 bridgehead atoms. The number of carbonyl (C=O) groups excluding carboxylic acids is 1. The summed E-state index contributed by atoms with van der Waals surface area (Å²) < 4.78 is 29.6. The smallest absolute Gasteiger partial charge is 0.254 e. The summed E-state index contributed by atoms with van der Waals surface area (Å²) in [7, 11) is -3.45. The second kappa shape index (κ2) is 9.25. The van der Waals surface area contributed by atoms with Gasteiger partial charge in [0.05, 0.1) is 16.4 Å². The van der Waals surface area contributed by atoms with Crippen molar-refractivity contribution >= 4 is 38.9 Å². The van der Waals surface area contributed by atoms with Crippen LogP contribution in [0.15, 0.2) is 66.9 Å². The molecule has 1 saturated heterocycles. The molecular formula is C21H21ClN4O3S2. The molecule has 0 saturated carbocycles. The minimum absolute atomic E-state index is 0.0144. The third-order valence-electron chi connectivity index (χ3n) is 4.99. The van der Waals surface area contributed by atoms with Crippen molar-refractivity contribution in [3.05, 3.63) is 81.7 Å². The summed E-state index contributed by atoms with van der Waals surface area (Å²) >= 11 is 7.26. The Labute approximate surface area is 190 Å². The number of hydrogen-bond donors (Lipinski definition) is 1. The van der Waals surface area contributed by atoms with Gasteiger partial charge in [-0.05, 0) is 54.8 Å². The Morgan fingerprint density at radius 1 is 1.23 bits per heavy atom. The molecule has 1 aromatic carbocycles. The van der Waals surface area contributed by atoms with Crippen LogP contribution in [0.1, 0.15) is 21.7 Å². The number of imidazole rings is 1. The minimum Gasteiger partial charge on any atom is -0.334 e. The average molecular weight is 477 g/mol. The van der Waals surface area contributed by atoms with Crippen molar-refractivity contribution in [2.24, 2.45) is 0 Å². The number of nitrogens with zero attached hydrogens (tertiary/aromatic N) is 3. The van der Waals surface area contributed by atoms with E-state index in [-0.39, 0.29) is 11.7 Å². The maximum atomic E-state index is 12.8. The summed E-state index contributed by atoms with van der Waals surface area (Å²) in [5.74, 6) is -0.0856. The largest absolute Gasteiger partial charge is 0.334 e. The number of halogens is 1. The van der Waals surface area contributed by atoms with Gasteiger partial charge in [0.25, 0.3) is 5.91 Å². The Morgan fingerprint density at radius 2 is 2.03 bits per heavy atom. The highest BCUT2D eigenvalue weighted by Crippen LogP contribution is 2.22. The van der Waals surface area contributed by atoms with Gasteiger partial charge in [-0.15, -0.1) is 11.3 Å². The number of benzene rings is 1.